The molecule has 0 unspecified atom stereocenters. The summed E-state index contributed by atoms with van der Waals surface area (Å²) in [6.07, 6.45) is 1.07. The number of hydrogen-bond acceptors (Lipinski definition) is 4. The zero-order valence-electron chi connectivity index (χ0n) is 12.5. The smallest absolute Gasteiger partial charge is 0.326 e. The average Bonchev–Trinajstić information content (AvgIpc) is 2.36. The van der Waals surface area contributed by atoms with Gasteiger partial charge >= 0.3 is 18.0 Å². The van der Waals surface area contributed by atoms with Gasteiger partial charge in [0.15, 0.2) is 0 Å². The summed E-state index contributed by atoms with van der Waals surface area (Å²) < 4.78 is 4.50. The molecule has 0 aliphatic carbocycles. The van der Waals surface area contributed by atoms with E-state index in [2.05, 4.69) is 10.1 Å². The Balaban J connectivity index is 4.21. The second-order valence-electron chi connectivity index (χ2n) is 5.07. The summed E-state index contributed by atoms with van der Waals surface area (Å²) in [5, 5.41) is 11.5. The largest absolute Gasteiger partial charge is 0.480 e. The molecule has 116 valence electrons. The van der Waals surface area contributed by atoms with Gasteiger partial charge < -0.3 is 20.1 Å². The predicted molar refractivity (Wildman–Crippen MR) is 73.3 cm³/mol. The lowest BCUT2D eigenvalue weighted by molar-refractivity contribution is -0.141. The van der Waals surface area contributed by atoms with Crippen molar-refractivity contribution in [3.05, 3.63) is 0 Å². The number of carbonyl (C=O) groups excluding carboxylic acids is 2. The van der Waals surface area contributed by atoms with E-state index in [-0.39, 0.29) is 18.3 Å². The average molecular weight is 288 g/mol. The van der Waals surface area contributed by atoms with Crippen LogP contribution in [0.3, 0.4) is 0 Å². The van der Waals surface area contributed by atoms with Crippen LogP contribution in [0.15, 0.2) is 0 Å². The molecule has 0 radical (unpaired) electrons. The molecule has 0 rings (SSSR count). The first-order valence-electron chi connectivity index (χ1n) is 6.59. The first-order chi connectivity index (χ1) is 9.27. The Morgan fingerprint density at radius 2 is 1.90 bits per heavy atom. The van der Waals surface area contributed by atoms with Gasteiger partial charge in [0.2, 0.25) is 0 Å². The molecule has 7 nitrogen and oxygen atoms in total. The number of nitrogens with one attached hydrogen (secondary N) is 1. The van der Waals surface area contributed by atoms with Crippen LogP contribution in [0.5, 0.6) is 0 Å². The van der Waals surface area contributed by atoms with E-state index < -0.39 is 18.0 Å². The van der Waals surface area contributed by atoms with Crippen molar-refractivity contribution in [2.75, 3.05) is 20.7 Å². The Morgan fingerprint density at radius 3 is 2.35 bits per heavy atom. The Bertz CT molecular complexity index is 344. The van der Waals surface area contributed by atoms with Crippen LogP contribution in [-0.2, 0) is 14.3 Å². The highest BCUT2D eigenvalue weighted by atomic mass is 16.5. The normalized spacial score (nSPS) is 11.8. The van der Waals surface area contributed by atoms with E-state index in [0.29, 0.717) is 19.4 Å². The first-order valence-corrected chi connectivity index (χ1v) is 6.59. The number of amides is 2. The third-order valence-corrected chi connectivity index (χ3v) is 2.75. The summed E-state index contributed by atoms with van der Waals surface area (Å²) in [5.74, 6) is -1.21. The molecule has 0 aromatic heterocycles. The van der Waals surface area contributed by atoms with Gasteiger partial charge in [0.1, 0.15) is 6.04 Å². The minimum absolute atomic E-state index is 0.168. The lowest BCUT2D eigenvalue weighted by atomic mass is 10.0. The molecule has 0 aromatic carbocycles. The number of esters is 1. The van der Waals surface area contributed by atoms with Crippen LogP contribution in [0.1, 0.15) is 33.1 Å². The number of urea groups is 1. The summed E-state index contributed by atoms with van der Waals surface area (Å²) in [6.45, 7) is 4.14. The number of aliphatic carboxylic acids is 1. The number of carboxylic acids is 1. The summed E-state index contributed by atoms with van der Waals surface area (Å²) in [7, 11) is 2.86. The molecule has 0 aliphatic heterocycles. The van der Waals surface area contributed by atoms with Crippen molar-refractivity contribution >= 4 is 18.0 Å². The van der Waals surface area contributed by atoms with Gasteiger partial charge in [-0.2, -0.15) is 0 Å². The maximum Gasteiger partial charge on any atom is 0.326 e. The summed E-state index contributed by atoms with van der Waals surface area (Å²) in [6, 6.07) is -1.35. The molecule has 1 atom stereocenters. The monoisotopic (exact) mass is 288 g/mol. The highest BCUT2D eigenvalue weighted by Crippen LogP contribution is 2.05. The third kappa shape index (κ3) is 7.60. The minimum atomic E-state index is -1.05. The molecule has 7 heteroatoms. The molecular formula is C13H24N2O5. The molecule has 2 amide bonds. The van der Waals surface area contributed by atoms with Crippen molar-refractivity contribution < 1.29 is 24.2 Å². The molecule has 0 aliphatic rings. The van der Waals surface area contributed by atoms with Crippen LogP contribution >= 0.6 is 0 Å². The Kier molecular flexibility index (Phi) is 8.35. The van der Waals surface area contributed by atoms with Crippen LogP contribution in [-0.4, -0.2) is 54.7 Å². The van der Waals surface area contributed by atoms with E-state index in [1.807, 2.05) is 13.8 Å². The summed E-state index contributed by atoms with van der Waals surface area (Å²) in [5.41, 5.74) is 0. The Morgan fingerprint density at radius 1 is 1.30 bits per heavy atom. The van der Waals surface area contributed by atoms with Crippen LogP contribution in [0.4, 0.5) is 4.79 Å². The van der Waals surface area contributed by atoms with Crippen molar-refractivity contribution in [1.82, 2.24) is 10.2 Å². The van der Waals surface area contributed by atoms with Crippen LogP contribution in [0, 0.1) is 5.92 Å². The lowest BCUT2D eigenvalue weighted by Gasteiger charge is -2.22. The fourth-order valence-electron chi connectivity index (χ4n) is 1.62. The number of carbonyl (C=O) groups is 3. The van der Waals surface area contributed by atoms with Crippen molar-refractivity contribution in [1.29, 1.82) is 0 Å². The number of ether oxygens (including phenoxy) is 1. The van der Waals surface area contributed by atoms with E-state index in [4.69, 9.17) is 5.11 Å². The third-order valence-electron chi connectivity index (χ3n) is 2.75. The minimum Gasteiger partial charge on any atom is -0.480 e. The standard InChI is InChI=1S/C13H24N2O5/c1-9(2)8-10(12(17)18)14-13(19)15(3)7-5-6-11(16)20-4/h9-10H,5-8H2,1-4H3,(H,14,19)(H,17,18)/t10-/m0/s1. The molecule has 2 N–H and O–H groups in total. The van der Waals surface area contributed by atoms with Gasteiger partial charge in [0.05, 0.1) is 7.11 Å². The maximum absolute atomic E-state index is 11.8. The zero-order valence-corrected chi connectivity index (χ0v) is 12.5. The predicted octanol–water partition coefficient (Wildman–Crippen LogP) is 1.08. The lowest BCUT2D eigenvalue weighted by Crippen LogP contribution is -2.47. The van der Waals surface area contributed by atoms with Crippen LogP contribution in [0.25, 0.3) is 0 Å². The second-order valence-corrected chi connectivity index (χ2v) is 5.07. The number of hydrogen-bond donors (Lipinski definition) is 2. The van der Waals surface area contributed by atoms with Crippen molar-refractivity contribution in [3.63, 3.8) is 0 Å². The fraction of sp³-hybridized carbons (Fsp3) is 0.769. The first kappa shape index (κ1) is 18.2. The van der Waals surface area contributed by atoms with E-state index in [1.165, 1.54) is 12.0 Å². The van der Waals surface area contributed by atoms with Gasteiger partial charge in [-0.3, -0.25) is 4.79 Å². The van der Waals surface area contributed by atoms with Gasteiger partial charge in [-0.15, -0.1) is 0 Å². The summed E-state index contributed by atoms with van der Waals surface area (Å²) in [4.78, 5) is 35.2. The number of methoxy groups -OCH3 is 1. The summed E-state index contributed by atoms with van der Waals surface area (Å²) >= 11 is 0. The van der Waals surface area contributed by atoms with Gasteiger partial charge in [0, 0.05) is 20.0 Å². The Hall–Kier alpha value is -1.79. The van der Waals surface area contributed by atoms with Gasteiger partial charge in [-0.1, -0.05) is 13.8 Å². The van der Waals surface area contributed by atoms with E-state index in [0.717, 1.165) is 0 Å². The van der Waals surface area contributed by atoms with Gasteiger partial charge in [-0.05, 0) is 18.8 Å². The number of nitrogens with zero attached hydrogens (tertiary/aromatic N) is 1. The van der Waals surface area contributed by atoms with E-state index in [1.54, 1.807) is 7.05 Å². The van der Waals surface area contributed by atoms with Crippen molar-refractivity contribution in [2.24, 2.45) is 5.92 Å². The molecule has 0 bridgehead atoms. The van der Waals surface area contributed by atoms with Crippen LogP contribution < -0.4 is 5.32 Å². The quantitative estimate of drug-likeness (QED) is 0.652. The highest BCUT2D eigenvalue weighted by Gasteiger charge is 2.22. The van der Waals surface area contributed by atoms with Crippen molar-refractivity contribution in [3.8, 4) is 0 Å². The SMILES string of the molecule is COC(=O)CCCN(C)C(=O)N[C@@H](CC(C)C)C(=O)O. The molecule has 0 heterocycles. The molecule has 0 saturated carbocycles. The zero-order chi connectivity index (χ0) is 15.7. The molecule has 0 spiro atoms. The van der Waals surface area contributed by atoms with Crippen molar-refractivity contribution in [2.45, 2.75) is 39.2 Å². The maximum atomic E-state index is 11.8. The topological polar surface area (TPSA) is 95.9 Å². The number of carboxylic acid groups (broad SMARTS) is 1. The molecule has 20 heavy (non-hydrogen) atoms. The highest BCUT2D eigenvalue weighted by molar-refractivity contribution is 5.82. The van der Waals surface area contributed by atoms with Gasteiger partial charge in [-0.25, -0.2) is 9.59 Å². The Labute approximate surface area is 119 Å². The van der Waals surface area contributed by atoms with Gasteiger partial charge in [0.25, 0.3) is 0 Å². The number of rotatable bonds is 8. The van der Waals surface area contributed by atoms with E-state index in [9.17, 15) is 14.4 Å². The van der Waals surface area contributed by atoms with E-state index >= 15 is 0 Å². The molecular weight excluding hydrogens is 264 g/mol. The van der Waals surface area contributed by atoms with Crippen LogP contribution in [0.2, 0.25) is 0 Å². The molecule has 0 fully saturated rings. The fourth-order valence-corrected chi connectivity index (χ4v) is 1.62. The molecule has 0 saturated heterocycles. The molecule has 0 aromatic rings. The second kappa shape index (κ2) is 9.17.